The third kappa shape index (κ3) is 3.47. The maximum atomic E-state index is 11.2. The molecule has 1 fully saturated rings. The summed E-state index contributed by atoms with van der Waals surface area (Å²) in [6, 6.07) is 0. The molecule has 0 saturated carbocycles. The molecule has 4 heteroatoms. The van der Waals surface area contributed by atoms with Gasteiger partial charge in [0, 0.05) is 13.2 Å². The van der Waals surface area contributed by atoms with Crippen molar-refractivity contribution in [2.45, 2.75) is 44.6 Å². The number of hydrogen-bond donors (Lipinski definition) is 2. The van der Waals surface area contributed by atoms with Crippen molar-refractivity contribution < 1.29 is 14.6 Å². The molecule has 0 atom stereocenters. The number of aliphatic carboxylic acids is 1. The van der Waals surface area contributed by atoms with Crippen LogP contribution in [0.4, 0.5) is 0 Å². The molecule has 0 bridgehead atoms. The van der Waals surface area contributed by atoms with E-state index in [0.717, 1.165) is 25.8 Å². The van der Waals surface area contributed by atoms with Gasteiger partial charge in [0.05, 0.1) is 0 Å². The third-order valence-corrected chi connectivity index (χ3v) is 3.00. The average Bonchev–Trinajstić information content (AvgIpc) is 2.26. The fourth-order valence-corrected chi connectivity index (χ4v) is 1.89. The van der Waals surface area contributed by atoms with Crippen LogP contribution >= 0.6 is 0 Å². The number of unbranched alkanes of at least 4 members (excludes halogenated alkanes) is 2. The van der Waals surface area contributed by atoms with Gasteiger partial charge in [-0.2, -0.15) is 0 Å². The Labute approximate surface area is 91.0 Å². The van der Waals surface area contributed by atoms with Gasteiger partial charge in [0.25, 0.3) is 0 Å². The second-order valence-corrected chi connectivity index (χ2v) is 4.13. The fraction of sp³-hybridized carbons (Fsp3) is 0.909. The molecular formula is C11H21NO3. The van der Waals surface area contributed by atoms with Crippen LogP contribution in [-0.4, -0.2) is 36.4 Å². The van der Waals surface area contributed by atoms with Crippen molar-refractivity contribution in [2.24, 2.45) is 0 Å². The fourth-order valence-electron chi connectivity index (χ4n) is 1.89. The Bertz CT molecular complexity index is 200. The Morgan fingerprint density at radius 2 is 2.07 bits per heavy atom. The summed E-state index contributed by atoms with van der Waals surface area (Å²) < 4.78 is 5.20. The highest BCUT2D eigenvalue weighted by atomic mass is 16.5. The van der Waals surface area contributed by atoms with Crippen molar-refractivity contribution in [3.8, 4) is 0 Å². The van der Waals surface area contributed by atoms with Crippen LogP contribution in [0.3, 0.4) is 0 Å². The van der Waals surface area contributed by atoms with Gasteiger partial charge < -0.3 is 15.2 Å². The summed E-state index contributed by atoms with van der Waals surface area (Å²) >= 11 is 0. The molecule has 1 saturated heterocycles. The Balaban J connectivity index is 2.39. The number of nitrogens with one attached hydrogen (secondary N) is 1. The molecule has 0 unspecified atom stereocenters. The van der Waals surface area contributed by atoms with E-state index < -0.39 is 11.5 Å². The molecule has 4 nitrogen and oxygen atoms in total. The first-order chi connectivity index (χ1) is 7.21. The zero-order valence-corrected chi connectivity index (χ0v) is 9.42. The van der Waals surface area contributed by atoms with Crippen molar-refractivity contribution >= 4 is 5.97 Å². The number of carboxylic acid groups (broad SMARTS) is 1. The summed E-state index contributed by atoms with van der Waals surface area (Å²) in [5, 5.41) is 12.4. The lowest BCUT2D eigenvalue weighted by Crippen LogP contribution is -2.55. The van der Waals surface area contributed by atoms with Gasteiger partial charge in [-0.25, -0.2) is 0 Å². The molecule has 0 spiro atoms. The molecule has 88 valence electrons. The average molecular weight is 215 g/mol. The van der Waals surface area contributed by atoms with Crippen LogP contribution < -0.4 is 5.32 Å². The number of carboxylic acids is 1. The summed E-state index contributed by atoms with van der Waals surface area (Å²) in [4.78, 5) is 11.2. The largest absolute Gasteiger partial charge is 0.480 e. The summed E-state index contributed by atoms with van der Waals surface area (Å²) in [6.07, 6.45) is 4.51. The molecule has 0 aliphatic carbocycles. The van der Waals surface area contributed by atoms with E-state index in [1.807, 2.05) is 0 Å². The Morgan fingerprint density at radius 1 is 1.40 bits per heavy atom. The highest BCUT2D eigenvalue weighted by Gasteiger charge is 2.39. The molecule has 0 aromatic heterocycles. The standard InChI is InChI=1S/C11H21NO3/c1-2-3-4-7-12-11(10(13)14)5-8-15-9-6-11/h12H,2-9H2,1H3,(H,13,14). The van der Waals surface area contributed by atoms with Gasteiger partial charge in [-0.15, -0.1) is 0 Å². The molecule has 1 rings (SSSR count). The van der Waals surface area contributed by atoms with Crippen LogP contribution in [0.2, 0.25) is 0 Å². The van der Waals surface area contributed by atoms with Gasteiger partial charge >= 0.3 is 5.97 Å². The molecular weight excluding hydrogens is 194 g/mol. The van der Waals surface area contributed by atoms with E-state index in [1.165, 1.54) is 0 Å². The van der Waals surface area contributed by atoms with Crippen LogP contribution in [0, 0.1) is 0 Å². The van der Waals surface area contributed by atoms with Crippen LogP contribution in [-0.2, 0) is 9.53 Å². The zero-order valence-electron chi connectivity index (χ0n) is 9.42. The lowest BCUT2D eigenvalue weighted by Gasteiger charge is -2.34. The molecule has 0 aromatic rings. The SMILES string of the molecule is CCCCCNC1(C(=O)O)CCOCC1. The summed E-state index contributed by atoms with van der Waals surface area (Å²) in [5.41, 5.74) is -0.730. The van der Waals surface area contributed by atoms with Crippen LogP contribution in [0.15, 0.2) is 0 Å². The number of ether oxygens (including phenoxy) is 1. The van der Waals surface area contributed by atoms with Gasteiger partial charge in [-0.3, -0.25) is 4.79 Å². The van der Waals surface area contributed by atoms with Crippen LogP contribution in [0.5, 0.6) is 0 Å². The van der Waals surface area contributed by atoms with Gasteiger partial charge in [0.15, 0.2) is 0 Å². The highest BCUT2D eigenvalue weighted by Crippen LogP contribution is 2.21. The minimum absolute atomic E-state index is 0.549. The topological polar surface area (TPSA) is 58.6 Å². The maximum Gasteiger partial charge on any atom is 0.324 e. The van der Waals surface area contributed by atoms with E-state index in [-0.39, 0.29) is 0 Å². The monoisotopic (exact) mass is 215 g/mol. The Kier molecular flexibility index (Phi) is 5.05. The van der Waals surface area contributed by atoms with Gasteiger partial charge in [-0.05, 0) is 25.8 Å². The summed E-state index contributed by atoms with van der Waals surface area (Å²) in [6.45, 7) is 4.03. The predicted octanol–water partition coefficient (Wildman–Crippen LogP) is 1.40. The van der Waals surface area contributed by atoms with Crippen molar-refractivity contribution in [1.82, 2.24) is 5.32 Å². The first-order valence-corrected chi connectivity index (χ1v) is 5.77. The van der Waals surface area contributed by atoms with E-state index in [2.05, 4.69) is 12.2 Å². The number of hydrogen-bond acceptors (Lipinski definition) is 3. The smallest absolute Gasteiger partial charge is 0.324 e. The lowest BCUT2D eigenvalue weighted by molar-refractivity contribution is -0.149. The lowest BCUT2D eigenvalue weighted by atomic mass is 9.90. The minimum atomic E-state index is -0.734. The number of carbonyl (C=O) groups is 1. The Morgan fingerprint density at radius 3 is 2.60 bits per heavy atom. The molecule has 0 aromatic carbocycles. The minimum Gasteiger partial charge on any atom is -0.480 e. The van der Waals surface area contributed by atoms with E-state index in [0.29, 0.717) is 26.1 Å². The second kappa shape index (κ2) is 6.08. The van der Waals surface area contributed by atoms with E-state index in [9.17, 15) is 9.90 Å². The van der Waals surface area contributed by atoms with Crippen LogP contribution in [0.25, 0.3) is 0 Å². The maximum absolute atomic E-state index is 11.2. The van der Waals surface area contributed by atoms with Gasteiger partial charge in [-0.1, -0.05) is 19.8 Å². The van der Waals surface area contributed by atoms with Gasteiger partial charge in [0.2, 0.25) is 0 Å². The van der Waals surface area contributed by atoms with E-state index in [1.54, 1.807) is 0 Å². The molecule has 1 heterocycles. The van der Waals surface area contributed by atoms with E-state index in [4.69, 9.17) is 4.74 Å². The quantitative estimate of drug-likeness (QED) is 0.658. The molecule has 0 radical (unpaired) electrons. The molecule has 1 aliphatic heterocycles. The normalized spacial score (nSPS) is 20.1. The molecule has 15 heavy (non-hydrogen) atoms. The molecule has 1 aliphatic rings. The van der Waals surface area contributed by atoms with Crippen molar-refractivity contribution in [2.75, 3.05) is 19.8 Å². The predicted molar refractivity (Wildman–Crippen MR) is 57.9 cm³/mol. The van der Waals surface area contributed by atoms with Crippen LogP contribution in [0.1, 0.15) is 39.0 Å². The third-order valence-electron chi connectivity index (χ3n) is 3.00. The second-order valence-electron chi connectivity index (χ2n) is 4.13. The van der Waals surface area contributed by atoms with E-state index >= 15 is 0 Å². The summed E-state index contributed by atoms with van der Waals surface area (Å²) in [5.74, 6) is -0.734. The first-order valence-electron chi connectivity index (χ1n) is 5.77. The Hall–Kier alpha value is -0.610. The van der Waals surface area contributed by atoms with Crippen molar-refractivity contribution in [3.63, 3.8) is 0 Å². The van der Waals surface area contributed by atoms with Crippen molar-refractivity contribution in [1.29, 1.82) is 0 Å². The van der Waals surface area contributed by atoms with Gasteiger partial charge in [0.1, 0.15) is 5.54 Å². The first kappa shape index (κ1) is 12.5. The zero-order chi connectivity index (χ0) is 11.1. The highest BCUT2D eigenvalue weighted by molar-refractivity contribution is 5.78. The molecule has 2 N–H and O–H groups in total. The number of rotatable bonds is 6. The summed E-state index contributed by atoms with van der Waals surface area (Å²) in [7, 11) is 0. The molecule has 0 amide bonds. The van der Waals surface area contributed by atoms with Crippen molar-refractivity contribution in [3.05, 3.63) is 0 Å².